The fourth-order valence-corrected chi connectivity index (χ4v) is 2.31. The minimum Gasteiger partial charge on any atom is -0.0885 e. The normalized spacial score (nSPS) is 11.4. The van der Waals surface area contributed by atoms with Gasteiger partial charge in [0, 0.05) is 0 Å². The lowest BCUT2D eigenvalue weighted by molar-refractivity contribution is 0.557. The third-order valence-electron chi connectivity index (χ3n) is 3.62. The van der Waals surface area contributed by atoms with Crippen LogP contribution in [0.25, 0.3) is 0 Å². The Hall–Kier alpha value is -0.260. The zero-order chi connectivity index (χ0) is 13.3. The molecule has 0 aliphatic heterocycles. The molecule has 0 fully saturated rings. The zero-order valence-corrected chi connectivity index (χ0v) is 13.1. The van der Waals surface area contributed by atoms with Crippen LogP contribution < -0.4 is 0 Å². The van der Waals surface area contributed by atoms with Crippen molar-refractivity contribution < 1.29 is 0 Å². The smallest absolute Gasteiger partial charge is 0.0351 e. The molecule has 0 atom stereocenters. The third kappa shape index (κ3) is 15.7. The summed E-state index contributed by atoms with van der Waals surface area (Å²) in [6.45, 7) is 4.55. The van der Waals surface area contributed by atoms with E-state index in [1.165, 1.54) is 89.9 Å². The lowest BCUT2D eigenvalue weighted by Gasteiger charge is -2.01. The predicted octanol–water partition coefficient (Wildman–Crippen LogP) is 7.04. The highest BCUT2D eigenvalue weighted by Crippen LogP contribution is 2.11. The molecule has 0 rings (SSSR count). The second kappa shape index (κ2) is 16.7. The molecule has 0 aliphatic carbocycles. The first kappa shape index (κ1) is 17.7. The summed E-state index contributed by atoms with van der Waals surface area (Å²) in [5.74, 6) is 0. The van der Waals surface area contributed by atoms with Gasteiger partial charge in [-0.15, -0.1) is 0 Å². The molecular weight excluding hydrogens is 216 g/mol. The summed E-state index contributed by atoms with van der Waals surface area (Å²) < 4.78 is 0. The second-order valence-electron chi connectivity index (χ2n) is 5.58. The minimum atomic E-state index is 1.29. The van der Waals surface area contributed by atoms with Gasteiger partial charge in [0.05, 0.1) is 0 Å². The van der Waals surface area contributed by atoms with E-state index in [9.17, 15) is 0 Å². The standard InChI is InChI=1S/C18H36/c1-3-5-7-9-11-13-15-17-18-16-14-12-10-8-6-4-2/h9,11H,3-8,10,12-18H2,1-2H3. The van der Waals surface area contributed by atoms with Crippen LogP contribution in [0.15, 0.2) is 12.2 Å². The highest BCUT2D eigenvalue weighted by Gasteiger charge is 1.91. The van der Waals surface area contributed by atoms with Crippen molar-refractivity contribution in [1.29, 1.82) is 0 Å². The van der Waals surface area contributed by atoms with Gasteiger partial charge in [0.15, 0.2) is 0 Å². The van der Waals surface area contributed by atoms with E-state index < -0.39 is 0 Å². The van der Waals surface area contributed by atoms with Crippen molar-refractivity contribution in [3.63, 3.8) is 0 Å². The molecule has 0 aromatic heterocycles. The van der Waals surface area contributed by atoms with Crippen LogP contribution in [0.5, 0.6) is 0 Å². The Morgan fingerprint density at radius 1 is 0.444 bits per heavy atom. The maximum Gasteiger partial charge on any atom is -0.0351 e. The summed E-state index contributed by atoms with van der Waals surface area (Å²) in [7, 11) is 0. The van der Waals surface area contributed by atoms with Crippen molar-refractivity contribution in [1.82, 2.24) is 0 Å². The van der Waals surface area contributed by atoms with Crippen LogP contribution >= 0.6 is 0 Å². The molecule has 0 spiro atoms. The molecule has 0 bridgehead atoms. The molecule has 108 valence electrons. The molecule has 0 saturated carbocycles. The van der Waals surface area contributed by atoms with Crippen LogP contribution in [0.4, 0.5) is 0 Å². The highest BCUT2D eigenvalue weighted by atomic mass is 14.0. The van der Waals surface area contributed by atoms with Gasteiger partial charge in [-0.25, -0.2) is 0 Å². The fourth-order valence-electron chi connectivity index (χ4n) is 2.31. The van der Waals surface area contributed by atoms with E-state index in [1.807, 2.05) is 0 Å². The average molecular weight is 252 g/mol. The van der Waals surface area contributed by atoms with Gasteiger partial charge in [-0.1, -0.05) is 96.6 Å². The first-order valence-electron chi connectivity index (χ1n) is 8.56. The van der Waals surface area contributed by atoms with Crippen molar-refractivity contribution in [2.24, 2.45) is 0 Å². The Morgan fingerprint density at radius 3 is 1.33 bits per heavy atom. The van der Waals surface area contributed by atoms with Crippen LogP contribution in [0.3, 0.4) is 0 Å². The van der Waals surface area contributed by atoms with E-state index in [-0.39, 0.29) is 0 Å². The molecule has 0 nitrogen and oxygen atoms in total. The number of allylic oxidation sites excluding steroid dienone is 2. The highest BCUT2D eigenvalue weighted by molar-refractivity contribution is 4.81. The van der Waals surface area contributed by atoms with E-state index in [2.05, 4.69) is 26.0 Å². The molecule has 0 unspecified atom stereocenters. The SMILES string of the molecule is CCCCC=CCCCCCCCCCCCC. The first-order valence-corrected chi connectivity index (χ1v) is 8.56. The Morgan fingerprint density at radius 2 is 0.833 bits per heavy atom. The molecule has 0 saturated heterocycles. The van der Waals surface area contributed by atoms with E-state index in [1.54, 1.807) is 0 Å². The summed E-state index contributed by atoms with van der Waals surface area (Å²) in [6, 6.07) is 0. The molecule has 0 heteroatoms. The Labute approximate surface area is 116 Å². The van der Waals surface area contributed by atoms with E-state index in [0.717, 1.165) is 0 Å². The Balaban J connectivity index is 2.96. The van der Waals surface area contributed by atoms with Crippen molar-refractivity contribution in [2.75, 3.05) is 0 Å². The lowest BCUT2D eigenvalue weighted by atomic mass is 10.1. The lowest BCUT2D eigenvalue weighted by Crippen LogP contribution is -1.81. The number of unbranched alkanes of at least 4 members (excludes halogenated alkanes) is 12. The Bertz CT molecular complexity index is 157. The van der Waals surface area contributed by atoms with Gasteiger partial charge in [-0.05, 0) is 19.3 Å². The van der Waals surface area contributed by atoms with Crippen molar-refractivity contribution in [3.8, 4) is 0 Å². The van der Waals surface area contributed by atoms with E-state index >= 15 is 0 Å². The summed E-state index contributed by atoms with van der Waals surface area (Å²) in [5.41, 5.74) is 0. The van der Waals surface area contributed by atoms with Crippen molar-refractivity contribution >= 4 is 0 Å². The molecule has 0 aliphatic rings. The van der Waals surface area contributed by atoms with Crippen LogP contribution in [-0.2, 0) is 0 Å². The molecule has 0 heterocycles. The number of hydrogen-bond donors (Lipinski definition) is 0. The van der Waals surface area contributed by atoms with Crippen LogP contribution in [-0.4, -0.2) is 0 Å². The van der Waals surface area contributed by atoms with Crippen molar-refractivity contribution in [3.05, 3.63) is 12.2 Å². The minimum absolute atomic E-state index is 1.29. The summed E-state index contributed by atoms with van der Waals surface area (Å²) in [4.78, 5) is 0. The number of hydrogen-bond acceptors (Lipinski definition) is 0. The van der Waals surface area contributed by atoms with E-state index in [0.29, 0.717) is 0 Å². The monoisotopic (exact) mass is 252 g/mol. The molecule has 18 heavy (non-hydrogen) atoms. The van der Waals surface area contributed by atoms with Gasteiger partial charge in [0.25, 0.3) is 0 Å². The van der Waals surface area contributed by atoms with E-state index in [4.69, 9.17) is 0 Å². The second-order valence-corrected chi connectivity index (χ2v) is 5.58. The molecule has 0 radical (unpaired) electrons. The van der Waals surface area contributed by atoms with Crippen molar-refractivity contribution in [2.45, 2.75) is 104 Å². The van der Waals surface area contributed by atoms with Gasteiger partial charge >= 0.3 is 0 Å². The van der Waals surface area contributed by atoms with Crippen LogP contribution in [0.1, 0.15) is 104 Å². The predicted molar refractivity (Wildman–Crippen MR) is 85.1 cm³/mol. The quantitative estimate of drug-likeness (QED) is 0.230. The molecule has 0 N–H and O–H groups in total. The van der Waals surface area contributed by atoms with Gasteiger partial charge in [0.2, 0.25) is 0 Å². The third-order valence-corrected chi connectivity index (χ3v) is 3.62. The van der Waals surface area contributed by atoms with Crippen LogP contribution in [0, 0.1) is 0 Å². The summed E-state index contributed by atoms with van der Waals surface area (Å²) >= 11 is 0. The Kier molecular flexibility index (Phi) is 16.5. The zero-order valence-electron chi connectivity index (χ0n) is 13.1. The average Bonchev–Trinajstić information content (AvgIpc) is 2.39. The molecule has 0 amide bonds. The maximum atomic E-state index is 2.39. The number of rotatable bonds is 14. The van der Waals surface area contributed by atoms with Crippen LogP contribution in [0.2, 0.25) is 0 Å². The van der Waals surface area contributed by atoms with Gasteiger partial charge < -0.3 is 0 Å². The fraction of sp³-hybridized carbons (Fsp3) is 0.889. The maximum absolute atomic E-state index is 2.39. The topological polar surface area (TPSA) is 0 Å². The summed E-state index contributed by atoms with van der Waals surface area (Å²) in [6.07, 6.45) is 24.5. The van der Waals surface area contributed by atoms with Gasteiger partial charge in [0.1, 0.15) is 0 Å². The largest absolute Gasteiger partial charge is 0.0885 e. The molecule has 0 aromatic rings. The molecular formula is C18H36. The first-order chi connectivity index (χ1) is 8.91. The van der Waals surface area contributed by atoms with Gasteiger partial charge in [-0.2, -0.15) is 0 Å². The summed E-state index contributed by atoms with van der Waals surface area (Å²) in [5, 5.41) is 0. The molecule has 0 aromatic carbocycles. The van der Waals surface area contributed by atoms with Gasteiger partial charge in [-0.3, -0.25) is 0 Å².